The van der Waals surface area contributed by atoms with Gasteiger partial charge in [-0.05, 0) is 37.1 Å². The minimum absolute atomic E-state index is 0.129. The van der Waals surface area contributed by atoms with Crippen molar-refractivity contribution in [3.05, 3.63) is 23.3 Å². The quantitative estimate of drug-likeness (QED) is 0.769. The molecule has 0 bridgehead atoms. The van der Waals surface area contributed by atoms with Crippen molar-refractivity contribution in [1.29, 1.82) is 0 Å². The van der Waals surface area contributed by atoms with E-state index in [1.807, 2.05) is 6.07 Å². The summed E-state index contributed by atoms with van der Waals surface area (Å²) in [6.07, 6.45) is 0. The first-order valence-electron chi connectivity index (χ1n) is 5.09. The van der Waals surface area contributed by atoms with Gasteiger partial charge in [-0.1, -0.05) is 0 Å². The van der Waals surface area contributed by atoms with Crippen molar-refractivity contribution in [2.75, 3.05) is 20.8 Å². The van der Waals surface area contributed by atoms with Crippen molar-refractivity contribution in [3.63, 3.8) is 0 Å². The molecule has 1 unspecified atom stereocenters. The fourth-order valence-corrected chi connectivity index (χ4v) is 1.90. The molecule has 0 saturated carbocycles. The second kappa shape index (κ2) is 3.42. The van der Waals surface area contributed by atoms with Gasteiger partial charge in [0.1, 0.15) is 0 Å². The lowest BCUT2D eigenvalue weighted by Gasteiger charge is -2.15. The number of ether oxygens (including phenoxy) is 2. The zero-order chi connectivity index (χ0) is 11.1. The van der Waals surface area contributed by atoms with Crippen molar-refractivity contribution in [2.45, 2.75) is 19.4 Å². The summed E-state index contributed by atoms with van der Waals surface area (Å²) < 4.78 is 10.6. The molecule has 82 valence electrons. The molecule has 0 radical (unpaired) electrons. The van der Waals surface area contributed by atoms with Crippen LogP contribution in [0.2, 0.25) is 0 Å². The van der Waals surface area contributed by atoms with Crippen LogP contribution in [-0.4, -0.2) is 20.8 Å². The summed E-state index contributed by atoms with van der Waals surface area (Å²) >= 11 is 0. The van der Waals surface area contributed by atoms with Crippen LogP contribution in [0.4, 0.5) is 0 Å². The SMILES string of the molecule is COc1cc(C)c(C2(C)CN2)cc1OC. The van der Waals surface area contributed by atoms with Crippen molar-refractivity contribution < 1.29 is 9.47 Å². The number of hydrogen-bond donors (Lipinski definition) is 1. The number of benzene rings is 1. The lowest BCUT2D eigenvalue weighted by atomic mass is 9.96. The Hall–Kier alpha value is -1.22. The van der Waals surface area contributed by atoms with Gasteiger partial charge in [0, 0.05) is 6.54 Å². The van der Waals surface area contributed by atoms with E-state index in [4.69, 9.17) is 9.47 Å². The summed E-state index contributed by atoms with van der Waals surface area (Å²) in [4.78, 5) is 0. The van der Waals surface area contributed by atoms with Gasteiger partial charge in [-0.15, -0.1) is 0 Å². The summed E-state index contributed by atoms with van der Waals surface area (Å²) in [6.45, 7) is 5.33. The Morgan fingerprint density at radius 2 is 1.73 bits per heavy atom. The highest BCUT2D eigenvalue weighted by molar-refractivity contribution is 5.50. The number of nitrogens with one attached hydrogen (secondary N) is 1. The van der Waals surface area contributed by atoms with Crippen LogP contribution in [0.5, 0.6) is 11.5 Å². The molecule has 1 aromatic rings. The molecule has 1 fully saturated rings. The summed E-state index contributed by atoms with van der Waals surface area (Å²) in [5.74, 6) is 1.59. The molecule has 2 rings (SSSR count). The molecule has 3 nitrogen and oxygen atoms in total. The van der Waals surface area contributed by atoms with Crippen LogP contribution in [0.25, 0.3) is 0 Å². The Morgan fingerprint density at radius 1 is 1.20 bits per heavy atom. The highest BCUT2D eigenvalue weighted by atomic mass is 16.5. The van der Waals surface area contributed by atoms with E-state index in [1.54, 1.807) is 14.2 Å². The normalized spacial score (nSPS) is 23.7. The van der Waals surface area contributed by atoms with E-state index in [0.717, 1.165) is 18.0 Å². The monoisotopic (exact) mass is 207 g/mol. The average molecular weight is 207 g/mol. The molecule has 0 spiro atoms. The summed E-state index contributed by atoms with van der Waals surface area (Å²) in [6, 6.07) is 4.09. The Balaban J connectivity index is 2.48. The van der Waals surface area contributed by atoms with Crippen LogP contribution in [0.3, 0.4) is 0 Å². The van der Waals surface area contributed by atoms with Crippen LogP contribution < -0.4 is 14.8 Å². The van der Waals surface area contributed by atoms with Crippen molar-refractivity contribution >= 4 is 0 Å². The molecule has 1 saturated heterocycles. The summed E-state index contributed by atoms with van der Waals surface area (Å²) in [7, 11) is 3.33. The van der Waals surface area contributed by atoms with E-state index in [-0.39, 0.29) is 5.54 Å². The highest BCUT2D eigenvalue weighted by Crippen LogP contribution is 2.38. The maximum atomic E-state index is 5.30. The maximum Gasteiger partial charge on any atom is 0.161 e. The van der Waals surface area contributed by atoms with E-state index in [9.17, 15) is 0 Å². The molecule has 1 heterocycles. The van der Waals surface area contributed by atoms with E-state index >= 15 is 0 Å². The first kappa shape index (κ1) is 10.3. The molecule has 1 aliphatic rings. The smallest absolute Gasteiger partial charge is 0.161 e. The molecular formula is C12H17NO2. The largest absolute Gasteiger partial charge is 0.493 e. The Bertz CT molecular complexity index is 383. The van der Waals surface area contributed by atoms with Gasteiger partial charge in [0.25, 0.3) is 0 Å². The zero-order valence-corrected chi connectivity index (χ0v) is 9.68. The van der Waals surface area contributed by atoms with Crippen LogP contribution in [0.15, 0.2) is 12.1 Å². The lowest BCUT2D eigenvalue weighted by Crippen LogP contribution is -2.09. The third-order valence-corrected chi connectivity index (χ3v) is 3.03. The third-order valence-electron chi connectivity index (χ3n) is 3.03. The molecule has 3 heteroatoms. The van der Waals surface area contributed by atoms with Crippen molar-refractivity contribution in [2.24, 2.45) is 0 Å². The van der Waals surface area contributed by atoms with Gasteiger partial charge in [0.05, 0.1) is 19.8 Å². The highest BCUT2D eigenvalue weighted by Gasteiger charge is 2.40. The van der Waals surface area contributed by atoms with Gasteiger partial charge in [-0.25, -0.2) is 0 Å². The van der Waals surface area contributed by atoms with Crippen molar-refractivity contribution in [1.82, 2.24) is 5.32 Å². The topological polar surface area (TPSA) is 40.4 Å². The fraction of sp³-hybridized carbons (Fsp3) is 0.500. The molecule has 1 aromatic carbocycles. The molecule has 0 aliphatic carbocycles. The van der Waals surface area contributed by atoms with Crippen molar-refractivity contribution in [3.8, 4) is 11.5 Å². The van der Waals surface area contributed by atoms with Crippen LogP contribution >= 0.6 is 0 Å². The molecular weight excluding hydrogens is 190 g/mol. The lowest BCUT2D eigenvalue weighted by molar-refractivity contribution is 0.354. The Kier molecular flexibility index (Phi) is 2.35. The number of hydrogen-bond acceptors (Lipinski definition) is 3. The van der Waals surface area contributed by atoms with Gasteiger partial charge in [-0.3, -0.25) is 0 Å². The second-order valence-corrected chi connectivity index (χ2v) is 4.21. The molecule has 0 aromatic heterocycles. The third kappa shape index (κ3) is 1.67. The number of rotatable bonds is 3. The number of aryl methyl sites for hydroxylation is 1. The zero-order valence-electron chi connectivity index (χ0n) is 9.68. The predicted molar refractivity (Wildman–Crippen MR) is 59.6 cm³/mol. The molecule has 1 N–H and O–H groups in total. The summed E-state index contributed by atoms with van der Waals surface area (Å²) in [5, 5.41) is 3.36. The minimum Gasteiger partial charge on any atom is -0.493 e. The fourth-order valence-electron chi connectivity index (χ4n) is 1.90. The first-order chi connectivity index (χ1) is 7.10. The van der Waals surface area contributed by atoms with Gasteiger partial charge < -0.3 is 14.8 Å². The Morgan fingerprint density at radius 3 is 2.20 bits per heavy atom. The standard InChI is InChI=1S/C12H17NO2/c1-8-5-10(14-3)11(15-4)6-9(8)12(2)7-13-12/h5-6,13H,7H2,1-4H3. The molecule has 15 heavy (non-hydrogen) atoms. The van der Waals surface area contributed by atoms with Gasteiger partial charge in [0.15, 0.2) is 11.5 Å². The van der Waals surface area contributed by atoms with E-state index in [1.165, 1.54) is 11.1 Å². The van der Waals surface area contributed by atoms with Gasteiger partial charge >= 0.3 is 0 Å². The maximum absolute atomic E-state index is 5.30. The van der Waals surface area contributed by atoms with E-state index < -0.39 is 0 Å². The second-order valence-electron chi connectivity index (χ2n) is 4.21. The summed E-state index contributed by atoms with van der Waals surface area (Å²) in [5.41, 5.74) is 2.66. The van der Waals surface area contributed by atoms with Crippen LogP contribution in [0, 0.1) is 6.92 Å². The average Bonchev–Trinajstić information content (AvgIpc) is 2.96. The van der Waals surface area contributed by atoms with Crippen LogP contribution in [-0.2, 0) is 5.54 Å². The van der Waals surface area contributed by atoms with Crippen LogP contribution in [0.1, 0.15) is 18.1 Å². The Labute approximate surface area is 90.4 Å². The van der Waals surface area contributed by atoms with Gasteiger partial charge in [0.2, 0.25) is 0 Å². The minimum atomic E-state index is 0.129. The molecule has 0 amide bonds. The molecule has 1 atom stereocenters. The first-order valence-corrected chi connectivity index (χ1v) is 5.09. The number of methoxy groups -OCH3 is 2. The van der Waals surface area contributed by atoms with E-state index in [2.05, 4.69) is 25.2 Å². The van der Waals surface area contributed by atoms with Gasteiger partial charge in [-0.2, -0.15) is 0 Å². The predicted octanol–water partition coefficient (Wildman–Crippen LogP) is 1.83. The molecule has 1 aliphatic heterocycles. The van der Waals surface area contributed by atoms with E-state index in [0.29, 0.717) is 0 Å².